The Hall–Kier alpha value is -11.5. The van der Waals surface area contributed by atoms with Crippen molar-refractivity contribution in [1.82, 2.24) is 101 Å². The number of nitrogens with zero attached hydrogens (tertiary/aromatic N) is 14. The zero-order valence-corrected chi connectivity index (χ0v) is 68.9. The van der Waals surface area contributed by atoms with Crippen molar-refractivity contribution < 1.29 is 80.4 Å². The molecular formula is C77H90Cl4F12N24O4. The van der Waals surface area contributed by atoms with Crippen molar-refractivity contribution in [3.8, 4) is 45.6 Å². The maximum Gasteiger partial charge on any atom is 0.405 e. The minimum absolute atomic E-state index is 0. The van der Waals surface area contributed by atoms with Crippen LogP contribution in [-0.4, -0.2) is 190 Å². The molecule has 2 fully saturated rings. The van der Waals surface area contributed by atoms with Crippen LogP contribution in [0.2, 0.25) is 20.1 Å². The van der Waals surface area contributed by atoms with Crippen molar-refractivity contribution >= 4 is 137 Å². The molecule has 28 nitrogen and oxygen atoms in total. The van der Waals surface area contributed by atoms with Gasteiger partial charge in [0.25, 0.3) is 6.43 Å². The van der Waals surface area contributed by atoms with E-state index in [0.29, 0.717) is 148 Å². The van der Waals surface area contributed by atoms with Crippen LogP contribution in [0.1, 0.15) is 105 Å². The quantitative estimate of drug-likeness (QED) is 0.0317. The summed E-state index contributed by atoms with van der Waals surface area (Å²) in [5.74, 6) is -1.13. The first-order chi connectivity index (χ1) is 56.9. The summed E-state index contributed by atoms with van der Waals surface area (Å²) in [7, 11) is 0. The predicted octanol–water partition coefficient (Wildman–Crippen LogP) is 17.4. The van der Waals surface area contributed by atoms with Crippen LogP contribution in [0.3, 0.4) is 0 Å². The van der Waals surface area contributed by atoms with E-state index in [0.717, 1.165) is 27.9 Å². The van der Waals surface area contributed by atoms with E-state index in [2.05, 4.69) is 95.7 Å². The lowest BCUT2D eigenvalue weighted by molar-refractivity contribution is -0.140. The molecule has 14 heterocycles. The number of carbonyl (C=O) groups excluding carboxylic acids is 4. The number of halogens is 16. The van der Waals surface area contributed by atoms with Crippen molar-refractivity contribution in [2.45, 2.75) is 162 Å². The molecule has 654 valence electrons. The molecule has 2 aliphatic heterocycles. The number of aryl methyl sites for hydroxylation is 2. The number of aromatic amines is 4. The van der Waals surface area contributed by atoms with Crippen LogP contribution in [-0.2, 0) is 19.2 Å². The van der Waals surface area contributed by atoms with Gasteiger partial charge in [-0.15, -0.1) is 0 Å². The summed E-state index contributed by atoms with van der Waals surface area (Å²) in [4.78, 5) is 117. The van der Waals surface area contributed by atoms with Crippen molar-refractivity contribution in [2.75, 3.05) is 46.6 Å². The SMILES string of the molecule is CC[C@H]1CC[C@H](C(=O)NCC(F)(F)F)N1c1nc(-c2c[nH]c3ncc(Cl)cc23)ncc1F.C[C@H]1CC[C@H](C(=O)NCC(F)(F)F)N1c1ccnc(-c2c[nH]c3ncc(Cl)cc23)n1.Cc1nc(-c2c[nH]c3ncc(Cl)cc23)nc(NC(C)(C)C(=O)NCC(F)(F)F)c1C.Cc1nc(-c2c[nH]c3ncc(Cl)cc23)nc(NC(C)(C)C(=O)NCC(F)F)c1C.[HH].[HH].[HH].[HH].[HH].[HH]. The summed E-state index contributed by atoms with van der Waals surface area (Å²) in [6, 6.07) is 6.54. The lowest BCUT2D eigenvalue weighted by atomic mass is 10.0. The number of amides is 4. The summed E-state index contributed by atoms with van der Waals surface area (Å²) in [5.41, 5.74) is 5.28. The highest BCUT2D eigenvalue weighted by Gasteiger charge is 2.43. The average molecular weight is 1790 g/mol. The monoisotopic (exact) mass is 1780 g/mol. The van der Waals surface area contributed by atoms with Crippen LogP contribution in [0.15, 0.2) is 92.3 Å². The molecule has 0 spiro atoms. The summed E-state index contributed by atoms with van der Waals surface area (Å²) < 4.78 is 152. The van der Waals surface area contributed by atoms with Crippen molar-refractivity contribution in [1.29, 1.82) is 0 Å². The predicted molar refractivity (Wildman–Crippen MR) is 446 cm³/mol. The molecule has 121 heavy (non-hydrogen) atoms. The molecule has 4 amide bonds. The maximum atomic E-state index is 14.8. The Bertz CT molecular complexity index is 5840. The fourth-order valence-corrected chi connectivity index (χ4v) is 13.9. The molecule has 0 aliphatic carbocycles. The van der Waals surface area contributed by atoms with Crippen molar-refractivity contribution in [2.24, 2.45) is 0 Å². The number of pyridine rings is 4. The Balaban J connectivity index is 0.000000296. The van der Waals surface area contributed by atoms with Crippen LogP contribution in [0.4, 0.5) is 76.0 Å². The van der Waals surface area contributed by atoms with Crippen LogP contribution < -0.4 is 41.7 Å². The molecule has 0 unspecified atom stereocenters. The van der Waals surface area contributed by atoms with Crippen molar-refractivity contribution in [3.05, 3.63) is 141 Å². The smallest absolute Gasteiger partial charge is 0.356 e. The van der Waals surface area contributed by atoms with Gasteiger partial charge in [0.05, 0.1) is 32.8 Å². The second-order valence-electron chi connectivity index (χ2n) is 29.3. The number of carbonyl (C=O) groups is 4. The molecular weight excluding hydrogens is 1690 g/mol. The van der Waals surface area contributed by atoms with Gasteiger partial charge >= 0.3 is 18.5 Å². The summed E-state index contributed by atoms with van der Waals surface area (Å²) in [6.45, 7) is 12.2. The third-order valence-electron chi connectivity index (χ3n) is 19.6. The number of alkyl halides is 11. The van der Waals surface area contributed by atoms with Gasteiger partial charge in [-0.2, -0.15) is 39.5 Å². The highest BCUT2D eigenvalue weighted by Crippen LogP contribution is 2.39. The van der Waals surface area contributed by atoms with Crippen LogP contribution in [0.5, 0.6) is 0 Å². The molecule has 10 N–H and O–H groups in total. The summed E-state index contributed by atoms with van der Waals surface area (Å²) in [6.07, 6.45) is 1.72. The highest BCUT2D eigenvalue weighted by molar-refractivity contribution is 6.32. The van der Waals surface area contributed by atoms with Gasteiger partial charge in [0.15, 0.2) is 34.9 Å². The van der Waals surface area contributed by atoms with Gasteiger partial charge in [-0.3, -0.25) is 19.2 Å². The topological polar surface area (TPSA) is 365 Å². The third kappa shape index (κ3) is 22.0. The van der Waals surface area contributed by atoms with E-state index < -0.39 is 104 Å². The highest BCUT2D eigenvalue weighted by atomic mass is 35.5. The number of hydrogen-bond acceptors (Lipinski definition) is 20. The Kier molecular flexibility index (Phi) is 27.5. The Labute approximate surface area is 710 Å². The second-order valence-corrected chi connectivity index (χ2v) is 31.0. The number of anilines is 4. The number of rotatable bonds is 20. The van der Waals surface area contributed by atoms with E-state index in [1.54, 1.807) is 100 Å². The van der Waals surface area contributed by atoms with E-state index >= 15 is 0 Å². The zero-order valence-electron chi connectivity index (χ0n) is 65.9. The molecule has 44 heteroatoms. The fourth-order valence-electron chi connectivity index (χ4n) is 13.3. The first-order valence-corrected chi connectivity index (χ1v) is 38.7. The van der Waals surface area contributed by atoms with E-state index in [1.165, 1.54) is 37.3 Å². The van der Waals surface area contributed by atoms with E-state index in [9.17, 15) is 71.9 Å². The molecule has 0 saturated carbocycles. The Morgan fingerprint density at radius 1 is 0.496 bits per heavy atom. The van der Waals surface area contributed by atoms with Gasteiger partial charge in [0, 0.05) is 143 Å². The number of fused-ring (bicyclic) bond motifs is 4. The molecule has 2 saturated heterocycles. The normalized spacial score (nSPS) is 15.7. The Morgan fingerprint density at radius 3 is 1.28 bits per heavy atom. The minimum Gasteiger partial charge on any atom is -0.356 e. The first kappa shape index (κ1) is 90.2. The second kappa shape index (κ2) is 36.8. The van der Waals surface area contributed by atoms with Crippen molar-refractivity contribution in [3.63, 3.8) is 0 Å². The summed E-state index contributed by atoms with van der Waals surface area (Å²) in [5, 5.41) is 18.7. The van der Waals surface area contributed by atoms with Crippen LogP contribution in [0.25, 0.3) is 89.7 Å². The standard InChI is InChI=1S/C20H19ClF4N6O.C19H18ClF3N6O.C19H20ClF3N6O.C19H21ClF2N6O.6H2/c1-2-11-3-4-15(19(32)29-9-20(23,24)25)31(11)18-14(22)8-28-17(30-18)13-7-27-16-12(13)5-10(21)6-26-16;1-10-2-3-14(18(30)27-9-19(21,22)23)29(10)15-4-5-24-17(28-15)13-8-26-16-12(13)6-11(20)7-25-16;1-9-10(2)27-16(13-7-25-15-12(13)5-11(20)6-24-15)28-14(9)29-18(3,4)17(30)26-8-19(21,22)23;1-9-10(2)26-17(13-7-24-16-12(13)5-11(20)6-23-16)27-15(9)28-19(3,4)18(29)25-8-14(21)22;;;;;;/h5-8,11,15H,2-4,9H2,1H3,(H,26,27)(H,29,32);4-8,10,14H,2-3,9H2,1H3,(H,25,26)(H,27,30);5-7H,8H2,1-4H3,(H,24,25)(H,26,30)(H,27,28,29);5-7,14H,8H2,1-4H3,(H,23,24)(H,25,29)(H,26,27,28);6*1H/t11-,15+;10-,14+;;;;;;;;/m00......../s1. The number of hydrogen-bond donors (Lipinski definition) is 10. The number of nitrogens with one attached hydrogen (secondary N) is 10. The fraction of sp³-hybridized carbons (Fsp3) is 0.377. The van der Waals surface area contributed by atoms with E-state index in [1.807, 2.05) is 43.6 Å². The molecule has 0 radical (unpaired) electrons. The van der Waals surface area contributed by atoms with E-state index in [4.69, 9.17) is 46.4 Å². The molecule has 12 aromatic rings. The zero-order chi connectivity index (χ0) is 88.1. The molecule has 0 bridgehead atoms. The number of H-pyrrole nitrogens is 4. The molecule has 14 rings (SSSR count). The van der Waals surface area contributed by atoms with Gasteiger partial charge in [-0.1, -0.05) is 53.3 Å². The minimum atomic E-state index is -4.54. The molecule has 0 aromatic carbocycles. The first-order valence-electron chi connectivity index (χ1n) is 37.2. The van der Waals surface area contributed by atoms with Gasteiger partial charge in [0.1, 0.15) is 82.8 Å². The third-order valence-corrected chi connectivity index (χ3v) is 20.5. The largest absolute Gasteiger partial charge is 0.405 e. The Morgan fingerprint density at radius 2 is 0.876 bits per heavy atom. The van der Waals surface area contributed by atoms with Crippen LogP contribution in [0, 0.1) is 33.5 Å². The van der Waals surface area contributed by atoms with Gasteiger partial charge in [0.2, 0.25) is 23.6 Å². The van der Waals surface area contributed by atoms with Gasteiger partial charge in [-0.05, 0) is 125 Å². The van der Waals surface area contributed by atoms with Crippen LogP contribution >= 0.6 is 46.4 Å². The number of aromatic nitrogens is 16. The molecule has 2 aliphatic rings. The maximum absolute atomic E-state index is 14.8. The average Bonchev–Trinajstić information content (AvgIpc) is 1.63. The lowest BCUT2D eigenvalue weighted by Gasteiger charge is -2.30. The lowest BCUT2D eigenvalue weighted by Crippen LogP contribution is -2.50. The molecule has 12 aromatic heterocycles. The van der Waals surface area contributed by atoms with Gasteiger partial charge < -0.3 is 61.6 Å². The summed E-state index contributed by atoms with van der Waals surface area (Å²) >= 11 is 24.2. The molecule has 4 atom stereocenters. The van der Waals surface area contributed by atoms with E-state index in [-0.39, 0.29) is 38.7 Å². The van der Waals surface area contributed by atoms with Gasteiger partial charge in [-0.25, -0.2) is 73.0 Å².